The number of hydrogen-bond acceptors (Lipinski definition) is 2. The van der Waals surface area contributed by atoms with Crippen molar-refractivity contribution in [3.63, 3.8) is 0 Å². The molecule has 0 spiro atoms. The van der Waals surface area contributed by atoms with E-state index in [1.807, 2.05) is 6.92 Å². The van der Waals surface area contributed by atoms with Crippen LogP contribution in [-0.4, -0.2) is 8.42 Å². The third-order valence-electron chi connectivity index (χ3n) is 0. The molecule has 0 N–H and O–H groups in total. The Bertz CT molecular complexity index is 53.8. The number of hydrogen-bond donors (Lipinski definition) is 0. The molecule has 0 rings (SSSR count). The quantitative estimate of drug-likeness (QED) is 0.422. The van der Waals surface area contributed by atoms with E-state index in [1.54, 1.807) is 6.08 Å². The van der Waals surface area contributed by atoms with E-state index in [-0.39, 0.29) is 0 Å². The molecule has 6 heavy (non-hydrogen) atoms. The van der Waals surface area contributed by atoms with E-state index < -0.39 is 11.6 Å². The topological polar surface area (TPSA) is 34.1 Å². The van der Waals surface area contributed by atoms with Crippen LogP contribution in [0.4, 0.5) is 0 Å². The standard InChI is InChI=1S/C3H6.O2S/c2*1-3-2/h3H,1H2,2H3;. The van der Waals surface area contributed by atoms with Gasteiger partial charge in [0.1, 0.15) is 0 Å². The molecule has 0 amide bonds. The van der Waals surface area contributed by atoms with Crippen LogP contribution in [0.1, 0.15) is 6.92 Å². The fourth-order valence-corrected chi connectivity index (χ4v) is 0. The normalized spacial score (nSPS) is 4.17. The molecule has 0 aliphatic carbocycles. The molecule has 0 aliphatic heterocycles. The molecular formula is C3H6O2S. The van der Waals surface area contributed by atoms with Crippen LogP contribution >= 0.6 is 0 Å². The summed E-state index contributed by atoms with van der Waals surface area (Å²) in [5.41, 5.74) is 0. The van der Waals surface area contributed by atoms with Gasteiger partial charge in [0.05, 0.1) is 0 Å². The maximum Gasteiger partial charge on any atom is 0.335 e. The van der Waals surface area contributed by atoms with Crippen molar-refractivity contribution in [3.05, 3.63) is 12.7 Å². The molecule has 2 nitrogen and oxygen atoms in total. The van der Waals surface area contributed by atoms with Gasteiger partial charge in [-0.25, -0.2) is 0 Å². The molecule has 0 aliphatic rings. The summed E-state index contributed by atoms with van der Waals surface area (Å²) in [6.45, 7) is 5.25. The molecule has 0 radical (unpaired) electrons. The van der Waals surface area contributed by atoms with Crippen molar-refractivity contribution in [1.29, 1.82) is 0 Å². The smallest absolute Gasteiger partial charge is 0.168 e. The van der Waals surface area contributed by atoms with Crippen molar-refractivity contribution in [1.82, 2.24) is 0 Å². The van der Waals surface area contributed by atoms with Gasteiger partial charge in [0.2, 0.25) is 0 Å². The van der Waals surface area contributed by atoms with E-state index in [2.05, 4.69) is 6.58 Å². The maximum atomic E-state index is 8.29. The van der Waals surface area contributed by atoms with Gasteiger partial charge < -0.3 is 0 Å². The summed E-state index contributed by atoms with van der Waals surface area (Å²) in [7, 11) is 0. The van der Waals surface area contributed by atoms with Crippen LogP contribution in [0.2, 0.25) is 0 Å². The minimum Gasteiger partial charge on any atom is -0.168 e. The van der Waals surface area contributed by atoms with Gasteiger partial charge >= 0.3 is 11.6 Å². The molecule has 0 aromatic rings. The summed E-state index contributed by atoms with van der Waals surface area (Å²) in [4.78, 5) is 0. The summed E-state index contributed by atoms with van der Waals surface area (Å²) in [6.07, 6.45) is 1.75. The monoisotopic (exact) mass is 106 g/mol. The molecule has 0 fully saturated rings. The Labute approximate surface area is 40.5 Å². The second kappa shape index (κ2) is 23.7. The van der Waals surface area contributed by atoms with Gasteiger partial charge in [-0.3, -0.25) is 0 Å². The van der Waals surface area contributed by atoms with Crippen LogP contribution in [0.15, 0.2) is 12.7 Å². The Kier molecular flexibility index (Phi) is 36.1. The highest BCUT2D eigenvalue weighted by molar-refractivity contribution is 7.51. The van der Waals surface area contributed by atoms with Crippen molar-refractivity contribution < 1.29 is 8.42 Å². The predicted octanol–water partition coefficient (Wildman–Crippen LogP) is 0.522. The first-order valence-corrected chi connectivity index (χ1v) is 1.99. The van der Waals surface area contributed by atoms with E-state index in [1.165, 1.54) is 0 Å². The zero-order valence-electron chi connectivity index (χ0n) is 3.51. The molecule has 0 atom stereocenters. The lowest BCUT2D eigenvalue weighted by Gasteiger charge is -1.31. The van der Waals surface area contributed by atoms with Crippen molar-refractivity contribution in [2.75, 3.05) is 0 Å². The minimum atomic E-state index is -0.750. The van der Waals surface area contributed by atoms with Crippen molar-refractivity contribution in [3.8, 4) is 0 Å². The SMILES string of the molecule is C=CC.O=S=O. The first-order chi connectivity index (χ1) is 2.83. The van der Waals surface area contributed by atoms with Crippen LogP contribution in [0.25, 0.3) is 0 Å². The summed E-state index contributed by atoms with van der Waals surface area (Å²) in [6, 6.07) is 0. The Morgan fingerprint density at radius 2 is 1.67 bits per heavy atom. The largest absolute Gasteiger partial charge is 0.335 e. The Morgan fingerprint density at radius 1 is 1.67 bits per heavy atom. The van der Waals surface area contributed by atoms with Gasteiger partial charge in [0.25, 0.3) is 0 Å². The van der Waals surface area contributed by atoms with Crippen molar-refractivity contribution in [2.24, 2.45) is 0 Å². The first kappa shape index (κ1) is 9.12. The molecule has 3 heteroatoms. The Balaban J connectivity index is 0. The molecule has 0 heterocycles. The van der Waals surface area contributed by atoms with Gasteiger partial charge in [-0.05, 0) is 6.92 Å². The van der Waals surface area contributed by atoms with Crippen LogP contribution in [0.5, 0.6) is 0 Å². The van der Waals surface area contributed by atoms with Crippen LogP contribution in [0, 0.1) is 0 Å². The van der Waals surface area contributed by atoms with Gasteiger partial charge in [-0.15, -0.1) is 6.58 Å². The Hall–Kier alpha value is -0.440. The van der Waals surface area contributed by atoms with Crippen molar-refractivity contribution in [2.45, 2.75) is 6.92 Å². The zero-order chi connectivity index (χ0) is 5.41. The van der Waals surface area contributed by atoms with Crippen LogP contribution in [-0.2, 0) is 11.6 Å². The molecular weight excluding hydrogens is 100 g/mol. The van der Waals surface area contributed by atoms with E-state index >= 15 is 0 Å². The Morgan fingerprint density at radius 3 is 1.67 bits per heavy atom. The summed E-state index contributed by atoms with van der Waals surface area (Å²) in [5.74, 6) is 0. The average Bonchev–Trinajstić information content (AvgIpc) is 1.39. The van der Waals surface area contributed by atoms with Crippen molar-refractivity contribution >= 4 is 11.6 Å². The number of allylic oxidation sites excluding steroid dienone is 1. The minimum absolute atomic E-state index is 0.750. The second-order valence-corrected chi connectivity index (χ2v) is 0.612. The molecule has 0 saturated carbocycles. The molecule has 0 bridgehead atoms. The highest BCUT2D eigenvalue weighted by Gasteiger charge is 1.15. The summed E-state index contributed by atoms with van der Waals surface area (Å²) >= 11 is -0.750. The van der Waals surface area contributed by atoms with Gasteiger partial charge in [0.15, 0.2) is 0 Å². The van der Waals surface area contributed by atoms with Crippen LogP contribution in [0.3, 0.4) is 0 Å². The second-order valence-electron chi connectivity index (χ2n) is 0.476. The van der Waals surface area contributed by atoms with Gasteiger partial charge in [0, 0.05) is 0 Å². The summed E-state index contributed by atoms with van der Waals surface area (Å²) < 4.78 is 16.6. The number of rotatable bonds is 0. The molecule has 0 unspecified atom stereocenters. The average molecular weight is 106 g/mol. The van der Waals surface area contributed by atoms with E-state index in [0.29, 0.717) is 0 Å². The third kappa shape index (κ3) is 121. The molecule has 0 aromatic heterocycles. The van der Waals surface area contributed by atoms with Gasteiger partial charge in [-0.1, -0.05) is 6.08 Å². The highest BCUT2D eigenvalue weighted by atomic mass is 32.1. The predicted molar refractivity (Wildman–Crippen MR) is 24.8 cm³/mol. The van der Waals surface area contributed by atoms with E-state index in [9.17, 15) is 0 Å². The molecule has 36 valence electrons. The highest BCUT2D eigenvalue weighted by Crippen LogP contribution is 1.38. The lowest BCUT2D eigenvalue weighted by molar-refractivity contribution is 0.630. The lowest BCUT2D eigenvalue weighted by atomic mass is 10.8. The lowest BCUT2D eigenvalue weighted by Crippen LogP contribution is -1.18. The molecule has 0 saturated heterocycles. The van der Waals surface area contributed by atoms with Crippen LogP contribution < -0.4 is 0 Å². The maximum absolute atomic E-state index is 8.29. The summed E-state index contributed by atoms with van der Waals surface area (Å²) in [5, 5.41) is 0. The van der Waals surface area contributed by atoms with Gasteiger partial charge in [-0.2, -0.15) is 8.42 Å². The third-order valence-corrected chi connectivity index (χ3v) is 0. The van der Waals surface area contributed by atoms with E-state index in [0.717, 1.165) is 0 Å². The fourth-order valence-electron chi connectivity index (χ4n) is 0. The first-order valence-electron chi connectivity index (χ1n) is 1.32. The fraction of sp³-hybridized carbons (Fsp3) is 0.333. The molecule has 0 aromatic carbocycles. The zero-order valence-corrected chi connectivity index (χ0v) is 4.33. The van der Waals surface area contributed by atoms with E-state index in [4.69, 9.17) is 8.42 Å².